The summed E-state index contributed by atoms with van der Waals surface area (Å²) in [5.74, 6) is -0.112. The third kappa shape index (κ3) is 3.35. The first kappa shape index (κ1) is 12.7. The summed E-state index contributed by atoms with van der Waals surface area (Å²) < 4.78 is 0. The molecule has 0 saturated heterocycles. The van der Waals surface area contributed by atoms with Crippen molar-refractivity contribution in [1.82, 2.24) is 5.32 Å². The van der Waals surface area contributed by atoms with E-state index in [-0.39, 0.29) is 24.5 Å². The van der Waals surface area contributed by atoms with E-state index in [2.05, 4.69) is 5.32 Å². The number of aryl methyl sites for hydroxylation is 1. The topological polar surface area (TPSA) is 49.3 Å². The van der Waals surface area contributed by atoms with Crippen molar-refractivity contribution in [2.24, 2.45) is 5.92 Å². The molecule has 3 heteroatoms. The second-order valence-electron chi connectivity index (χ2n) is 4.31. The van der Waals surface area contributed by atoms with E-state index >= 15 is 0 Å². The Morgan fingerprint density at radius 3 is 2.31 bits per heavy atom. The van der Waals surface area contributed by atoms with Crippen LogP contribution in [-0.2, 0) is 4.79 Å². The fraction of sp³-hybridized carbons (Fsp3) is 0.462. The fourth-order valence-electron chi connectivity index (χ4n) is 1.37. The van der Waals surface area contributed by atoms with Gasteiger partial charge in [0.15, 0.2) is 0 Å². The van der Waals surface area contributed by atoms with Gasteiger partial charge in [0.1, 0.15) is 0 Å². The molecule has 3 nitrogen and oxygen atoms in total. The van der Waals surface area contributed by atoms with E-state index in [0.717, 1.165) is 11.1 Å². The van der Waals surface area contributed by atoms with E-state index in [1.165, 1.54) is 0 Å². The zero-order chi connectivity index (χ0) is 12.1. The van der Waals surface area contributed by atoms with Gasteiger partial charge >= 0.3 is 0 Å². The fourth-order valence-corrected chi connectivity index (χ4v) is 1.37. The Bertz CT molecular complexity index is 343. The molecule has 0 aliphatic heterocycles. The number of amides is 1. The number of hydrogen-bond donors (Lipinski definition) is 2. The van der Waals surface area contributed by atoms with E-state index in [0.29, 0.717) is 0 Å². The highest BCUT2D eigenvalue weighted by atomic mass is 16.3. The second-order valence-corrected chi connectivity index (χ2v) is 4.31. The lowest BCUT2D eigenvalue weighted by Crippen LogP contribution is -2.33. The van der Waals surface area contributed by atoms with Crippen molar-refractivity contribution in [1.29, 1.82) is 0 Å². The highest BCUT2D eigenvalue weighted by Crippen LogP contribution is 2.13. The Morgan fingerprint density at radius 2 is 1.88 bits per heavy atom. The molecule has 0 aliphatic carbocycles. The van der Waals surface area contributed by atoms with Gasteiger partial charge in [0.05, 0.1) is 12.6 Å². The smallest absolute Gasteiger partial charge is 0.223 e. The van der Waals surface area contributed by atoms with E-state index in [1.807, 2.05) is 45.0 Å². The zero-order valence-corrected chi connectivity index (χ0v) is 10.0. The van der Waals surface area contributed by atoms with Crippen LogP contribution in [-0.4, -0.2) is 17.6 Å². The van der Waals surface area contributed by atoms with Gasteiger partial charge in [0.2, 0.25) is 5.91 Å². The van der Waals surface area contributed by atoms with Crippen molar-refractivity contribution < 1.29 is 9.90 Å². The minimum atomic E-state index is -0.310. The Balaban J connectivity index is 2.74. The van der Waals surface area contributed by atoms with Crippen LogP contribution in [0, 0.1) is 12.8 Å². The summed E-state index contributed by atoms with van der Waals surface area (Å²) in [4.78, 5) is 11.5. The van der Waals surface area contributed by atoms with Crippen LogP contribution in [0.5, 0.6) is 0 Å². The molecule has 0 bridgehead atoms. The van der Waals surface area contributed by atoms with Crippen LogP contribution in [0.4, 0.5) is 0 Å². The lowest BCUT2D eigenvalue weighted by atomic mass is 10.0. The first-order valence-corrected chi connectivity index (χ1v) is 5.52. The molecule has 1 amide bonds. The van der Waals surface area contributed by atoms with Crippen molar-refractivity contribution >= 4 is 5.91 Å². The predicted molar refractivity (Wildman–Crippen MR) is 64.0 cm³/mol. The van der Waals surface area contributed by atoms with Crippen molar-refractivity contribution in [2.45, 2.75) is 26.8 Å². The summed E-state index contributed by atoms with van der Waals surface area (Å²) in [5.41, 5.74) is 2.10. The molecular weight excluding hydrogens is 202 g/mol. The summed E-state index contributed by atoms with van der Waals surface area (Å²) in [6.07, 6.45) is 0. The molecule has 0 saturated carbocycles. The van der Waals surface area contributed by atoms with Crippen LogP contribution in [0.3, 0.4) is 0 Å². The molecule has 1 rings (SSSR count). The standard InChI is InChI=1S/C13H19NO2/c1-9(2)13(16)14-12(8-15)11-6-4-10(3)5-7-11/h4-7,9,12,15H,8H2,1-3H3,(H,14,16). The first-order valence-electron chi connectivity index (χ1n) is 5.52. The van der Waals surface area contributed by atoms with Crippen molar-refractivity contribution in [3.8, 4) is 0 Å². The number of aliphatic hydroxyl groups is 1. The SMILES string of the molecule is Cc1ccc(C(CO)NC(=O)C(C)C)cc1. The van der Waals surface area contributed by atoms with Crippen LogP contribution >= 0.6 is 0 Å². The number of carbonyl (C=O) groups is 1. The van der Waals surface area contributed by atoms with Crippen LogP contribution in [0.15, 0.2) is 24.3 Å². The molecular formula is C13H19NO2. The van der Waals surface area contributed by atoms with Gasteiger partial charge in [-0.25, -0.2) is 0 Å². The van der Waals surface area contributed by atoms with Gasteiger partial charge in [-0.1, -0.05) is 43.7 Å². The van der Waals surface area contributed by atoms with Crippen LogP contribution in [0.2, 0.25) is 0 Å². The highest BCUT2D eigenvalue weighted by Gasteiger charge is 2.15. The number of nitrogens with one attached hydrogen (secondary N) is 1. The largest absolute Gasteiger partial charge is 0.394 e. The summed E-state index contributed by atoms with van der Waals surface area (Å²) >= 11 is 0. The number of hydrogen-bond acceptors (Lipinski definition) is 2. The molecule has 0 aromatic heterocycles. The maximum absolute atomic E-state index is 11.5. The average Bonchev–Trinajstić information content (AvgIpc) is 2.26. The maximum atomic E-state index is 11.5. The normalized spacial score (nSPS) is 12.6. The van der Waals surface area contributed by atoms with E-state index < -0.39 is 0 Å². The van der Waals surface area contributed by atoms with Crippen LogP contribution in [0.1, 0.15) is 31.0 Å². The molecule has 1 aromatic rings. The third-order valence-corrected chi connectivity index (χ3v) is 2.50. The monoisotopic (exact) mass is 221 g/mol. The molecule has 1 aromatic carbocycles. The number of benzene rings is 1. The minimum absolute atomic E-state index is 0.0420. The Morgan fingerprint density at radius 1 is 1.31 bits per heavy atom. The quantitative estimate of drug-likeness (QED) is 0.814. The molecule has 0 aliphatic rings. The van der Waals surface area contributed by atoms with Crippen molar-refractivity contribution in [3.05, 3.63) is 35.4 Å². The Labute approximate surface area is 96.5 Å². The van der Waals surface area contributed by atoms with Gasteiger partial charge < -0.3 is 10.4 Å². The molecule has 1 unspecified atom stereocenters. The summed E-state index contributed by atoms with van der Waals surface area (Å²) in [6, 6.07) is 7.49. The Kier molecular flexibility index (Phi) is 4.50. The van der Waals surface area contributed by atoms with Crippen LogP contribution in [0.25, 0.3) is 0 Å². The van der Waals surface area contributed by atoms with E-state index in [4.69, 9.17) is 0 Å². The lowest BCUT2D eigenvalue weighted by Gasteiger charge is -2.18. The molecule has 2 N–H and O–H groups in total. The average molecular weight is 221 g/mol. The summed E-state index contributed by atoms with van der Waals surface area (Å²) in [6.45, 7) is 5.59. The zero-order valence-electron chi connectivity index (χ0n) is 10.0. The molecule has 1 atom stereocenters. The van der Waals surface area contributed by atoms with Gasteiger partial charge in [-0.05, 0) is 12.5 Å². The number of carbonyl (C=O) groups excluding carboxylic acids is 1. The van der Waals surface area contributed by atoms with Crippen molar-refractivity contribution in [3.63, 3.8) is 0 Å². The van der Waals surface area contributed by atoms with Gasteiger partial charge in [0, 0.05) is 5.92 Å². The molecule has 16 heavy (non-hydrogen) atoms. The molecule has 88 valence electrons. The van der Waals surface area contributed by atoms with Gasteiger partial charge in [-0.15, -0.1) is 0 Å². The third-order valence-electron chi connectivity index (χ3n) is 2.50. The van der Waals surface area contributed by atoms with Crippen molar-refractivity contribution in [2.75, 3.05) is 6.61 Å². The second kappa shape index (κ2) is 5.66. The van der Waals surface area contributed by atoms with E-state index in [1.54, 1.807) is 0 Å². The molecule has 0 radical (unpaired) electrons. The molecule has 0 fully saturated rings. The van der Waals surface area contributed by atoms with Gasteiger partial charge in [-0.3, -0.25) is 4.79 Å². The maximum Gasteiger partial charge on any atom is 0.223 e. The number of rotatable bonds is 4. The highest BCUT2D eigenvalue weighted by molar-refractivity contribution is 5.78. The minimum Gasteiger partial charge on any atom is -0.394 e. The summed E-state index contributed by atoms with van der Waals surface area (Å²) in [7, 11) is 0. The summed E-state index contributed by atoms with van der Waals surface area (Å²) in [5, 5.41) is 12.1. The van der Waals surface area contributed by atoms with Crippen LogP contribution < -0.4 is 5.32 Å². The Hall–Kier alpha value is -1.35. The molecule has 0 spiro atoms. The van der Waals surface area contributed by atoms with E-state index in [9.17, 15) is 9.90 Å². The lowest BCUT2D eigenvalue weighted by molar-refractivity contribution is -0.125. The van der Waals surface area contributed by atoms with Gasteiger partial charge in [0.25, 0.3) is 0 Å². The number of aliphatic hydroxyl groups excluding tert-OH is 1. The first-order chi connectivity index (χ1) is 7.54. The molecule has 0 heterocycles. The predicted octanol–water partition coefficient (Wildman–Crippen LogP) is 1.80. The van der Waals surface area contributed by atoms with Gasteiger partial charge in [-0.2, -0.15) is 0 Å².